The summed E-state index contributed by atoms with van der Waals surface area (Å²) in [6, 6.07) is 5.00. The smallest absolute Gasteiger partial charge is 0.324 e. The van der Waals surface area contributed by atoms with E-state index in [2.05, 4.69) is 0 Å². The van der Waals surface area contributed by atoms with Crippen molar-refractivity contribution < 1.29 is 28.4 Å². The molecular weight excluding hydrogens is 355 g/mol. The maximum Gasteiger partial charge on any atom is 0.324 e. The molecule has 0 spiro atoms. The summed E-state index contributed by atoms with van der Waals surface area (Å²) < 4.78 is 27.8. The molecule has 1 aromatic rings. The minimum absolute atomic E-state index is 0.231. The van der Waals surface area contributed by atoms with Crippen molar-refractivity contribution in [3.63, 3.8) is 0 Å². The Morgan fingerprint density at radius 3 is 2.15 bits per heavy atom. The van der Waals surface area contributed by atoms with Crippen molar-refractivity contribution in [1.29, 1.82) is 0 Å². The van der Waals surface area contributed by atoms with E-state index in [-0.39, 0.29) is 24.4 Å². The molecule has 144 valence electrons. The summed E-state index contributed by atoms with van der Waals surface area (Å²) >= 11 is 0. The molecule has 0 radical (unpaired) electrons. The number of hydrogen-bond donors (Lipinski definition) is 0. The second-order valence-electron chi connectivity index (χ2n) is 6.00. The molecule has 1 unspecified atom stereocenters. The number of ketones is 1. The van der Waals surface area contributed by atoms with Crippen molar-refractivity contribution in [2.24, 2.45) is 0 Å². The van der Waals surface area contributed by atoms with Crippen molar-refractivity contribution in [3.05, 3.63) is 23.8 Å². The predicted molar refractivity (Wildman–Crippen MR) is 99.6 cm³/mol. The normalized spacial score (nSPS) is 13.1. The Morgan fingerprint density at radius 1 is 1.08 bits per heavy atom. The molecular formula is C19H27O6P. The van der Waals surface area contributed by atoms with Gasteiger partial charge >= 0.3 is 5.97 Å². The SMILES string of the molecule is CCCCC(CC(=O)c1c(OC)cccc1OC)(P=O)C(=O)OCCC. The maximum atomic E-state index is 13.0. The summed E-state index contributed by atoms with van der Waals surface area (Å²) in [5.74, 6) is -0.273. The van der Waals surface area contributed by atoms with Gasteiger partial charge in [-0.05, 0) is 25.0 Å². The minimum atomic E-state index is -1.39. The zero-order valence-electron chi connectivity index (χ0n) is 15.9. The van der Waals surface area contributed by atoms with Gasteiger partial charge in [0.25, 0.3) is 0 Å². The van der Waals surface area contributed by atoms with Gasteiger partial charge in [-0.1, -0.05) is 32.8 Å². The molecule has 0 fully saturated rings. The van der Waals surface area contributed by atoms with E-state index in [0.29, 0.717) is 30.8 Å². The number of esters is 1. The number of unbranched alkanes of at least 4 members (excludes halogenated alkanes) is 1. The Balaban J connectivity index is 3.24. The number of rotatable bonds is 12. The second kappa shape index (κ2) is 10.9. The molecule has 0 aromatic heterocycles. The quantitative estimate of drug-likeness (QED) is 0.302. The lowest BCUT2D eigenvalue weighted by atomic mass is 9.91. The van der Waals surface area contributed by atoms with Gasteiger partial charge in [-0.2, -0.15) is 0 Å². The fraction of sp³-hybridized carbons (Fsp3) is 0.579. The summed E-state index contributed by atoms with van der Waals surface area (Å²) in [6.45, 7) is 4.07. The first-order chi connectivity index (χ1) is 12.5. The van der Waals surface area contributed by atoms with E-state index >= 15 is 0 Å². The Kier molecular flexibility index (Phi) is 9.28. The van der Waals surface area contributed by atoms with Crippen LogP contribution in [0.4, 0.5) is 0 Å². The third-order valence-corrected chi connectivity index (χ3v) is 5.01. The minimum Gasteiger partial charge on any atom is -0.496 e. The van der Waals surface area contributed by atoms with Crippen LogP contribution in [0.3, 0.4) is 0 Å². The molecule has 0 bridgehead atoms. The van der Waals surface area contributed by atoms with E-state index in [1.807, 2.05) is 13.8 Å². The Labute approximate surface area is 156 Å². The lowest BCUT2D eigenvalue weighted by Crippen LogP contribution is -2.37. The third kappa shape index (κ3) is 5.28. The van der Waals surface area contributed by atoms with E-state index in [9.17, 15) is 14.2 Å². The van der Waals surface area contributed by atoms with Crippen molar-refractivity contribution >= 4 is 20.2 Å². The van der Waals surface area contributed by atoms with E-state index in [1.165, 1.54) is 14.2 Å². The molecule has 1 atom stereocenters. The fourth-order valence-corrected chi connectivity index (χ4v) is 3.25. The second-order valence-corrected chi connectivity index (χ2v) is 7.04. The number of carbonyl (C=O) groups excluding carboxylic acids is 2. The molecule has 0 saturated heterocycles. The van der Waals surface area contributed by atoms with Gasteiger partial charge in [0.05, 0.1) is 20.8 Å². The standard InChI is InChI=1S/C19H27O6P/c1-5-7-11-19(26-22,18(21)25-12-6-2)13-14(20)17-15(23-3)9-8-10-16(17)24-4/h8-10H,5-7,11-13H2,1-4H3. The van der Waals surface area contributed by atoms with Crippen LogP contribution in [-0.4, -0.2) is 37.7 Å². The third-order valence-electron chi connectivity index (χ3n) is 4.10. The van der Waals surface area contributed by atoms with Crippen molar-refractivity contribution in [2.45, 2.75) is 51.1 Å². The molecule has 0 aliphatic heterocycles. The topological polar surface area (TPSA) is 78.9 Å². The predicted octanol–water partition coefficient (Wildman–Crippen LogP) is 4.45. The Bertz CT molecular complexity index is 608. The van der Waals surface area contributed by atoms with Gasteiger partial charge in [0.2, 0.25) is 0 Å². The first kappa shape index (κ1) is 22.1. The number of ether oxygens (including phenoxy) is 3. The highest BCUT2D eigenvalue weighted by Gasteiger charge is 2.43. The van der Waals surface area contributed by atoms with Gasteiger partial charge in [-0.25, -0.2) is 0 Å². The van der Waals surface area contributed by atoms with Crippen molar-refractivity contribution in [2.75, 3.05) is 20.8 Å². The fourth-order valence-electron chi connectivity index (χ4n) is 2.66. The first-order valence-electron chi connectivity index (χ1n) is 8.75. The lowest BCUT2D eigenvalue weighted by Gasteiger charge is -2.24. The van der Waals surface area contributed by atoms with Crippen LogP contribution in [0.2, 0.25) is 0 Å². The number of benzene rings is 1. The van der Waals surface area contributed by atoms with Crippen LogP contribution in [0.5, 0.6) is 11.5 Å². The van der Waals surface area contributed by atoms with Crippen LogP contribution in [0, 0.1) is 0 Å². The zero-order valence-corrected chi connectivity index (χ0v) is 16.8. The highest BCUT2D eigenvalue weighted by molar-refractivity contribution is 7.28. The summed E-state index contributed by atoms with van der Waals surface area (Å²) in [5, 5.41) is -1.39. The number of methoxy groups -OCH3 is 2. The molecule has 0 aliphatic rings. The summed E-state index contributed by atoms with van der Waals surface area (Å²) in [5.41, 5.74) is 0.241. The zero-order chi connectivity index (χ0) is 19.6. The van der Waals surface area contributed by atoms with E-state index in [4.69, 9.17) is 14.2 Å². The van der Waals surface area contributed by atoms with Crippen LogP contribution in [0.1, 0.15) is 56.3 Å². The van der Waals surface area contributed by atoms with Crippen LogP contribution in [0.25, 0.3) is 0 Å². The van der Waals surface area contributed by atoms with Crippen LogP contribution < -0.4 is 9.47 Å². The van der Waals surface area contributed by atoms with E-state index in [0.717, 1.165) is 6.42 Å². The van der Waals surface area contributed by atoms with Crippen LogP contribution in [0.15, 0.2) is 18.2 Å². The highest BCUT2D eigenvalue weighted by Crippen LogP contribution is 2.38. The Hall–Kier alpha value is -1.94. The molecule has 6 nitrogen and oxygen atoms in total. The maximum absolute atomic E-state index is 13.0. The molecule has 7 heteroatoms. The van der Waals surface area contributed by atoms with Gasteiger partial charge in [0, 0.05) is 6.42 Å². The average Bonchev–Trinajstić information content (AvgIpc) is 2.68. The van der Waals surface area contributed by atoms with Gasteiger partial charge in [0.15, 0.2) is 19.4 Å². The molecule has 0 aliphatic carbocycles. The van der Waals surface area contributed by atoms with Gasteiger partial charge in [-0.3, -0.25) is 14.2 Å². The molecule has 0 amide bonds. The molecule has 1 rings (SSSR count). The summed E-state index contributed by atoms with van der Waals surface area (Å²) in [4.78, 5) is 25.6. The largest absolute Gasteiger partial charge is 0.496 e. The van der Waals surface area contributed by atoms with Gasteiger partial charge in [0.1, 0.15) is 17.1 Å². The summed E-state index contributed by atoms with van der Waals surface area (Å²) in [7, 11) is 2.49. The van der Waals surface area contributed by atoms with E-state index < -0.39 is 19.6 Å². The van der Waals surface area contributed by atoms with Crippen molar-refractivity contribution in [3.8, 4) is 11.5 Å². The molecule has 0 heterocycles. The average molecular weight is 382 g/mol. The highest BCUT2D eigenvalue weighted by atomic mass is 31.1. The number of Topliss-reactive ketones (excluding diaryl/α,β-unsaturated/α-hetero) is 1. The number of hydrogen-bond acceptors (Lipinski definition) is 6. The summed E-state index contributed by atoms with van der Waals surface area (Å²) in [6.07, 6.45) is 2.19. The first-order valence-corrected chi connectivity index (χ1v) is 9.56. The van der Waals surface area contributed by atoms with E-state index in [1.54, 1.807) is 18.2 Å². The van der Waals surface area contributed by atoms with Gasteiger partial charge < -0.3 is 14.2 Å². The Morgan fingerprint density at radius 2 is 1.69 bits per heavy atom. The van der Waals surface area contributed by atoms with Crippen LogP contribution >= 0.6 is 8.46 Å². The molecule has 0 saturated carbocycles. The molecule has 0 N–H and O–H groups in total. The number of carbonyl (C=O) groups is 2. The van der Waals surface area contributed by atoms with Crippen LogP contribution in [-0.2, 0) is 14.1 Å². The molecule has 1 aromatic carbocycles. The van der Waals surface area contributed by atoms with Gasteiger partial charge in [-0.15, -0.1) is 0 Å². The lowest BCUT2D eigenvalue weighted by molar-refractivity contribution is -0.147. The molecule has 26 heavy (non-hydrogen) atoms. The van der Waals surface area contributed by atoms with Crippen molar-refractivity contribution in [1.82, 2.24) is 0 Å². The monoisotopic (exact) mass is 382 g/mol.